The van der Waals surface area contributed by atoms with Crippen molar-refractivity contribution < 1.29 is 18.8 Å². The van der Waals surface area contributed by atoms with Crippen molar-refractivity contribution >= 4 is 19.9 Å². The Morgan fingerprint density at radius 1 is 1.13 bits per heavy atom. The molecule has 0 N–H and O–H groups in total. The Bertz CT molecular complexity index is 770. The lowest BCUT2D eigenvalue weighted by atomic mass is 9.62. The van der Waals surface area contributed by atoms with Gasteiger partial charge in [-0.1, -0.05) is 46.3 Å². The van der Waals surface area contributed by atoms with E-state index < -0.39 is 25.4 Å². The van der Waals surface area contributed by atoms with E-state index in [9.17, 15) is 9.59 Å². The molecule has 5 rings (SSSR count). The lowest BCUT2D eigenvalue weighted by molar-refractivity contribution is -0.153. The largest absolute Gasteiger partial charge is 0.488 e. The van der Waals surface area contributed by atoms with Gasteiger partial charge in [0.1, 0.15) is 23.0 Å². The van der Waals surface area contributed by atoms with E-state index in [1.165, 1.54) is 5.57 Å². The van der Waals surface area contributed by atoms with Crippen molar-refractivity contribution in [3.63, 3.8) is 0 Å². The van der Waals surface area contributed by atoms with Gasteiger partial charge in [0.25, 0.3) is 0 Å². The number of carbonyl (C=O) groups is 2. The van der Waals surface area contributed by atoms with Crippen molar-refractivity contribution in [3.8, 4) is 0 Å². The number of rotatable bonds is 5. The first kappa shape index (κ1) is 23.5. The average Bonchev–Trinajstić information content (AvgIpc) is 2.71. The molecular weight excluding hydrogens is 392 g/mol. The van der Waals surface area contributed by atoms with E-state index in [0.717, 1.165) is 43.8 Å². The van der Waals surface area contributed by atoms with Crippen LogP contribution in [-0.2, 0) is 18.8 Å². The Labute approximate surface area is 183 Å². The minimum Gasteiger partial charge on any atom is -0.488 e. The molecule has 0 aromatic rings. The highest BCUT2D eigenvalue weighted by atomic mass is 28.4. The van der Waals surface area contributed by atoms with E-state index in [0.29, 0.717) is 17.8 Å². The fourth-order valence-electron chi connectivity index (χ4n) is 5.46. The number of carbonyl (C=O) groups excluding carboxylic acids is 2. The Hall–Kier alpha value is -1.20. The molecule has 0 saturated heterocycles. The lowest BCUT2D eigenvalue weighted by Crippen LogP contribution is -2.59. The molecule has 0 amide bonds. The molecule has 4 atom stereocenters. The number of fused-ring (bicyclic) bond motifs is 2. The number of ether oxygens (including phenoxy) is 1. The summed E-state index contributed by atoms with van der Waals surface area (Å²) >= 11 is 0. The van der Waals surface area contributed by atoms with E-state index in [-0.39, 0.29) is 17.5 Å². The maximum atomic E-state index is 13.9. The van der Waals surface area contributed by atoms with Crippen LogP contribution in [0.25, 0.3) is 0 Å². The van der Waals surface area contributed by atoms with Crippen LogP contribution in [0, 0.1) is 11.3 Å². The Morgan fingerprint density at radius 2 is 1.77 bits per heavy atom. The van der Waals surface area contributed by atoms with Gasteiger partial charge in [0.15, 0.2) is 14.1 Å². The molecule has 30 heavy (non-hydrogen) atoms. The number of Topliss-reactive ketones (excluding diaryl/α,β-unsaturated/α-hetero) is 2. The smallest absolute Gasteiger partial charge is 0.201 e. The van der Waals surface area contributed by atoms with Gasteiger partial charge in [-0.3, -0.25) is 9.59 Å². The summed E-state index contributed by atoms with van der Waals surface area (Å²) in [5, 5.41) is 0. The molecule has 0 aromatic heterocycles. The molecule has 0 saturated carbocycles. The van der Waals surface area contributed by atoms with Crippen molar-refractivity contribution in [2.75, 3.05) is 0 Å². The van der Waals surface area contributed by atoms with Crippen LogP contribution in [0.3, 0.4) is 0 Å². The van der Waals surface area contributed by atoms with Gasteiger partial charge in [0.2, 0.25) is 5.78 Å². The molecule has 5 heteroatoms. The van der Waals surface area contributed by atoms with E-state index >= 15 is 0 Å². The van der Waals surface area contributed by atoms with Gasteiger partial charge >= 0.3 is 0 Å². The van der Waals surface area contributed by atoms with Crippen molar-refractivity contribution in [1.82, 2.24) is 0 Å². The van der Waals surface area contributed by atoms with E-state index in [1.807, 2.05) is 13.8 Å². The van der Waals surface area contributed by atoms with Crippen LogP contribution in [0.4, 0.5) is 0 Å². The van der Waals surface area contributed by atoms with Gasteiger partial charge < -0.3 is 9.16 Å². The molecule has 4 nitrogen and oxygen atoms in total. The molecule has 0 fully saturated rings. The maximum absolute atomic E-state index is 13.9. The second kappa shape index (κ2) is 8.38. The van der Waals surface area contributed by atoms with Gasteiger partial charge in [0, 0.05) is 11.8 Å². The first-order valence-electron chi connectivity index (χ1n) is 11.9. The zero-order valence-electron chi connectivity index (χ0n) is 20.0. The first-order valence-corrected chi connectivity index (χ1v) is 14.4. The predicted molar refractivity (Wildman–Crippen MR) is 123 cm³/mol. The predicted octanol–water partition coefficient (Wildman–Crippen LogP) is 6.12. The molecule has 0 radical (unpaired) electrons. The molecule has 3 aliphatic heterocycles. The van der Waals surface area contributed by atoms with Crippen molar-refractivity contribution in [1.29, 1.82) is 0 Å². The van der Waals surface area contributed by atoms with Crippen LogP contribution in [0.5, 0.6) is 0 Å². The van der Waals surface area contributed by atoms with Crippen LogP contribution in [-0.4, -0.2) is 31.6 Å². The fraction of sp³-hybridized carbons (Fsp3) is 0.760. The molecule has 168 valence electrons. The number of allylic oxidation sites excluding steroid dienone is 3. The molecule has 2 aliphatic carbocycles. The van der Waals surface area contributed by atoms with E-state index in [4.69, 9.17) is 9.16 Å². The highest BCUT2D eigenvalue weighted by Gasteiger charge is 2.57. The van der Waals surface area contributed by atoms with E-state index in [2.05, 4.69) is 40.7 Å². The molecule has 0 aromatic carbocycles. The van der Waals surface area contributed by atoms with Crippen LogP contribution in [0.1, 0.15) is 80.6 Å². The zero-order valence-corrected chi connectivity index (χ0v) is 21.0. The molecular formula is C25H40O4Si. The third kappa shape index (κ3) is 3.77. The second-order valence-electron chi connectivity index (χ2n) is 10.3. The van der Waals surface area contributed by atoms with Crippen molar-refractivity contribution in [2.45, 2.75) is 110 Å². The second-order valence-corrected chi connectivity index (χ2v) is 15.0. The first-order chi connectivity index (χ1) is 14.1. The highest BCUT2D eigenvalue weighted by Crippen LogP contribution is 2.50. The molecule has 4 bridgehead atoms. The SMILES string of the molecule is CC[Si](CC)(CC)O[C@@H]1C(=O)C2=C3C[C@@H](C)[C@](C)(CC/C(C)=C/CC[C@]1(C)O3)C2=O. The van der Waals surface area contributed by atoms with Crippen LogP contribution in [0.15, 0.2) is 23.0 Å². The Balaban J connectivity index is 2.14. The Morgan fingerprint density at radius 3 is 2.37 bits per heavy atom. The zero-order chi connectivity index (χ0) is 22.3. The third-order valence-corrected chi connectivity index (χ3v) is 13.1. The summed E-state index contributed by atoms with van der Waals surface area (Å²) in [4.78, 5) is 27.6. The minimum absolute atomic E-state index is 0.0259. The van der Waals surface area contributed by atoms with Gasteiger partial charge in [-0.05, 0) is 63.6 Å². The molecule has 0 spiro atoms. The number of ketones is 2. The van der Waals surface area contributed by atoms with E-state index in [1.54, 1.807) is 0 Å². The van der Waals surface area contributed by atoms with Crippen molar-refractivity contribution in [2.24, 2.45) is 11.3 Å². The fourth-order valence-corrected chi connectivity index (χ4v) is 8.32. The summed E-state index contributed by atoms with van der Waals surface area (Å²) in [6.45, 7) is 14.9. The van der Waals surface area contributed by atoms with Gasteiger partial charge in [0.05, 0.1) is 0 Å². The van der Waals surface area contributed by atoms with Gasteiger partial charge in [-0.25, -0.2) is 0 Å². The minimum atomic E-state index is -2.06. The summed E-state index contributed by atoms with van der Waals surface area (Å²) in [5.74, 6) is 0.633. The van der Waals surface area contributed by atoms with Crippen molar-refractivity contribution in [3.05, 3.63) is 23.0 Å². The molecule has 3 heterocycles. The summed E-state index contributed by atoms with van der Waals surface area (Å²) in [6.07, 6.45) is 5.50. The van der Waals surface area contributed by atoms with Crippen LogP contribution < -0.4 is 0 Å². The lowest BCUT2D eigenvalue weighted by Gasteiger charge is -2.49. The van der Waals surface area contributed by atoms with Crippen LogP contribution in [0.2, 0.25) is 18.1 Å². The summed E-state index contributed by atoms with van der Waals surface area (Å²) in [7, 11) is -2.06. The topological polar surface area (TPSA) is 52.6 Å². The molecule has 5 aliphatic rings. The standard InChI is InChI=1S/C25H40O4Si/c1-8-30(9-2,10-3)29-23-21(26)20-19-16-18(5)24(6,22(20)27)15-13-17(4)12-11-14-25(23,7)28-19/h12,18,23H,8-11,13-16H2,1-7H3/b17-12+/t18-,23-,24+,25+/m1/s1. The number of hydrogen-bond acceptors (Lipinski definition) is 4. The summed E-state index contributed by atoms with van der Waals surface area (Å²) in [6, 6.07) is 2.90. The Kier molecular flexibility index (Phi) is 6.56. The highest BCUT2D eigenvalue weighted by molar-refractivity contribution is 6.73. The molecule has 0 unspecified atom stereocenters. The normalized spacial score (nSPS) is 36.8. The summed E-state index contributed by atoms with van der Waals surface area (Å²) < 4.78 is 13.4. The summed E-state index contributed by atoms with van der Waals surface area (Å²) in [5.41, 5.74) is 0.377. The van der Waals surface area contributed by atoms with Crippen LogP contribution >= 0.6 is 0 Å². The third-order valence-electron chi connectivity index (χ3n) is 8.47. The number of hydrogen-bond donors (Lipinski definition) is 0. The van der Waals surface area contributed by atoms with Gasteiger partial charge in [-0.15, -0.1) is 0 Å². The average molecular weight is 433 g/mol. The maximum Gasteiger partial charge on any atom is 0.201 e. The monoisotopic (exact) mass is 432 g/mol. The quantitative estimate of drug-likeness (QED) is 0.298. The van der Waals surface area contributed by atoms with Gasteiger partial charge in [-0.2, -0.15) is 0 Å².